The summed E-state index contributed by atoms with van der Waals surface area (Å²) in [5, 5.41) is 16.0. The van der Waals surface area contributed by atoms with Crippen LogP contribution in [0.15, 0.2) is 9.32 Å². The van der Waals surface area contributed by atoms with Gasteiger partial charge in [0, 0.05) is 0 Å². The number of nitrogens with one attached hydrogen (secondary N) is 2. The molecule has 0 fully saturated rings. The molecule has 0 spiro atoms. The lowest BCUT2D eigenvalue weighted by molar-refractivity contribution is 0.383. The van der Waals surface area contributed by atoms with Crippen molar-refractivity contribution in [2.45, 2.75) is 28.7 Å². The normalized spacial score (nSPS) is 7.87. The van der Waals surface area contributed by atoms with Gasteiger partial charge in [0.25, 0.3) is 0 Å². The average Bonchev–Trinajstić information content (AvgIpc) is 2.64. The van der Waals surface area contributed by atoms with Crippen molar-refractivity contribution in [1.82, 2.24) is 30.8 Å². The molecule has 86 valence electrons. The molecule has 0 saturated carbocycles. The zero-order valence-electron chi connectivity index (χ0n) is 7.11. The minimum Gasteiger partial charge on any atom is -0.296 e. The van der Waals surface area contributed by atoms with E-state index < -0.39 is 5.76 Å². The highest BCUT2D eigenvalue weighted by Gasteiger charge is 1.86. The van der Waals surface area contributed by atoms with E-state index in [1.54, 1.807) is 13.8 Å². The molecule has 2 N–H and O–H groups in total. The molecule has 0 radical (unpaired) electrons. The summed E-state index contributed by atoms with van der Waals surface area (Å²) in [6.45, 7) is 3.41. The molecule has 0 aliphatic heterocycles. The van der Waals surface area contributed by atoms with Crippen molar-refractivity contribution in [1.29, 1.82) is 0 Å². The van der Waals surface area contributed by atoms with Crippen molar-refractivity contribution >= 4 is 0 Å². The summed E-state index contributed by atoms with van der Waals surface area (Å²) in [4.78, 5) is 12.3. The van der Waals surface area contributed by atoms with Crippen molar-refractivity contribution in [2.75, 3.05) is 0 Å². The summed E-state index contributed by atoms with van der Waals surface area (Å²) in [6.07, 6.45) is 0. The second kappa shape index (κ2) is 7.42. The molecule has 0 amide bonds. The van der Waals surface area contributed by atoms with Crippen LogP contribution >= 0.6 is 0 Å². The Kier molecular flexibility index (Phi) is 7.65. The van der Waals surface area contributed by atoms with E-state index in [9.17, 15) is 4.79 Å². The van der Waals surface area contributed by atoms with Crippen LogP contribution < -0.4 is 5.76 Å². The van der Waals surface area contributed by atoms with E-state index in [1.165, 1.54) is 0 Å². The molecule has 0 saturated heterocycles. The van der Waals surface area contributed by atoms with Gasteiger partial charge in [-0.2, -0.15) is 5.21 Å². The van der Waals surface area contributed by atoms with Crippen LogP contribution in [0.25, 0.3) is 0 Å². The highest BCUT2D eigenvalue weighted by Crippen LogP contribution is 1.72. The lowest BCUT2D eigenvalue weighted by atomic mass is 10.8. The molecule has 2 aromatic heterocycles. The van der Waals surface area contributed by atoms with Crippen LogP contribution in [0.1, 0.15) is 26.5 Å². The fraction of sp³-hybridized carbons (Fsp3) is 0.571. The Morgan fingerprint density at radius 2 is 1.93 bits per heavy atom. The average molecular weight is 216 g/mol. The van der Waals surface area contributed by atoms with Gasteiger partial charge in [0.15, 0.2) is 5.82 Å². The fourth-order valence-corrected chi connectivity index (χ4v) is 0.515. The number of hydrogen-bond donors (Lipinski definition) is 2. The molecule has 2 rings (SSSR count). The predicted octanol–water partition coefficient (Wildman–Crippen LogP) is 0.452. The minimum absolute atomic E-state index is 0. The van der Waals surface area contributed by atoms with Crippen molar-refractivity contribution in [3.63, 3.8) is 0 Å². The van der Waals surface area contributed by atoms with Gasteiger partial charge in [-0.3, -0.25) is 9.51 Å². The van der Waals surface area contributed by atoms with Crippen LogP contribution in [0.2, 0.25) is 0 Å². The molecular weight excluding hydrogens is 200 g/mol. The summed E-state index contributed by atoms with van der Waals surface area (Å²) < 4.78 is 4.10. The quantitative estimate of drug-likeness (QED) is 0.661. The molecule has 8 heteroatoms. The van der Waals surface area contributed by atoms with Crippen molar-refractivity contribution in [3.8, 4) is 0 Å². The summed E-state index contributed by atoms with van der Waals surface area (Å²) in [5.41, 5.74) is 0. The number of H-pyrrole nitrogens is 2. The maximum Gasteiger partial charge on any atom is 0.438 e. The molecule has 0 aliphatic rings. The maximum absolute atomic E-state index is 10.0. The summed E-state index contributed by atoms with van der Waals surface area (Å²) in [5.74, 6) is 0.678. The first-order valence-corrected chi connectivity index (χ1v) is 3.41. The second-order valence-electron chi connectivity index (χ2n) is 2.14. The lowest BCUT2D eigenvalue weighted by Crippen LogP contribution is -1.93. The number of tetrazole rings is 1. The van der Waals surface area contributed by atoms with Crippen LogP contribution in [0, 0.1) is 13.8 Å². The molecule has 0 unspecified atom stereocenters. The van der Waals surface area contributed by atoms with Gasteiger partial charge in [-0.05, 0) is 13.8 Å². The van der Waals surface area contributed by atoms with E-state index in [4.69, 9.17) is 0 Å². The van der Waals surface area contributed by atoms with Crippen LogP contribution in [0.5, 0.6) is 0 Å². The Hall–Kier alpha value is -1.99. The van der Waals surface area contributed by atoms with E-state index in [1.807, 2.05) is 0 Å². The lowest BCUT2D eigenvalue weighted by Gasteiger charge is -1.62. The van der Waals surface area contributed by atoms with Gasteiger partial charge < -0.3 is 0 Å². The zero-order valence-corrected chi connectivity index (χ0v) is 7.11. The van der Waals surface area contributed by atoms with Crippen LogP contribution in [-0.2, 0) is 0 Å². The largest absolute Gasteiger partial charge is 0.438 e. The highest BCUT2D eigenvalue weighted by molar-refractivity contribution is 4.68. The Morgan fingerprint density at radius 3 is 2.07 bits per heavy atom. The first kappa shape index (κ1) is 15.5. The molecular formula is C7H16N6O2. The molecule has 0 atom stereocenters. The molecule has 0 aliphatic carbocycles. The Balaban J connectivity index is 0. The van der Waals surface area contributed by atoms with E-state index in [-0.39, 0.29) is 14.9 Å². The minimum atomic E-state index is -0.502. The first-order chi connectivity index (χ1) is 6.18. The third kappa shape index (κ3) is 6.13. The third-order valence-corrected chi connectivity index (χ3v) is 1.000. The van der Waals surface area contributed by atoms with Gasteiger partial charge >= 0.3 is 5.76 Å². The topological polar surface area (TPSA) is 113 Å². The second-order valence-corrected chi connectivity index (χ2v) is 2.14. The Bertz CT molecular complexity index is 390. The molecule has 8 nitrogen and oxygen atoms in total. The number of aromatic amines is 2. The van der Waals surface area contributed by atoms with E-state index in [0.29, 0.717) is 11.6 Å². The molecule has 0 bridgehead atoms. The van der Waals surface area contributed by atoms with E-state index >= 15 is 0 Å². The van der Waals surface area contributed by atoms with E-state index in [0.717, 1.165) is 0 Å². The summed E-state index contributed by atoms with van der Waals surface area (Å²) in [7, 11) is 0. The van der Waals surface area contributed by atoms with Crippen LogP contribution in [0.4, 0.5) is 0 Å². The standard InChI is InChI=1S/C3H4N2O2.C2H4N4.2CH4/c1-2-4-3(6)7-5-2;1-2-3-5-6-4-2;;/h1H3,(H,4,5,6);1H3,(H,3,4,5,6);2*1H4. The highest BCUT2D eigenvalue weighted by atomic mass is 16.5. The van der Waals surface area contributed by atoms with Gasteiger partial charge in [-0.25, -0.2) is 4.79 Å². The number of rotatable bonds is 0. The van der Waals surface area contributed by atoms with Gasteiger partial charge in [0.1, 0.15) is 5.82 Å². The number of hydrogen-bond acceptors (Lipinski definition) is 6. The predicted molar refractivity (Wildman–Crippen MR) is 54.2 cm³/mol. The first-order valence-electron chi connectivity index (χ1n) is 3.41. The zero-order chi connectivity index (χ0) is 9.68. The van der Waals surface area contributed by atoms with Crippen LogP contribution in [-0.4, -0.2) is 30.8 Å². The van der Waals surface area contributed by atoms with Gasteiger partial charge in [-0.15, -0.1) is 10.2 Å². The smallest absolute Gasteiger partial charge is 0.296 e. The Labute approximate surface area is 87.1 Å². The van der Waals surface area contributed by atoms with Gasteiger partial charge in [-0.1, -0.05) is 25.2 Å². The molecule has 2 aromatic rings. The SMILES string of the molecule is C.C.Cc1nn[nH]n1.Cc1noc(=O)[nH]1. The van der Waals surface area contributed by atoms with Crippen molar-refractivity contribution in [3.05, 3.63) is 22.2 Å². The van der Waals surface area contributed by atoms with E-state index in [2.05, 4.69) is 35.3 Å². The van der Waals surface area contributed by atoms with Gasteiger partial charge in [0.05, 0.1) is 0 Å². The van der Waals surface area contributed by atoms with Crippen molar-refractivity contribution in [2.24, 2.45) is 0 Å². The molecule has 2 heterocycles. The summed E-state index contributed by atoms with van der Waals surface area (Å²) >= 11 is 0. The monoisotopic (exact) mass is 216 g/mol. The Morgan fingerprint density at radius 1 is 1.27 bits per heavy atom. The number of nitrogens with zero attached hydrogens (tertiary/aromatic N) is 4. The third-order valence-electron chi connectivity index (χ3n) is 1.000. The van der Waals surface area contributed by atoms with Crippen molar-refractivity contribution < 1.29 is 4.52 Å². The number of aryl methyl sites for hydroxylation is 2. The molecule has 0 aromatic carbocycles. The number of aromatic nitrogens is 6. The van der Waals surface area contributed by atoms with Gasteiger partial charge in [0.2, 0.25) is 0 Å². The fourth-order valence-electron chi connectivity index (χ4n) is 0.515. The van der Waals surface area contributed by atoms with Crippen LogP contribution in [0.3, 0.4) is 0 Å². The maximum atomic E-state index is 10.0. The molecule has 15 heavy (non-hydrogen) atoms. The summed E-state index contributed by atoms with van der Waals surface area (Å²) in [6, 6.07) is 0.